The average Bonchev–Trinajstić information content (AvgIpc) is 3.08. The Morgan fingerprint density at radius 2 is 1.89 bits per heavy atom. The van der Waals surface area contributed by atoms with Gasteiger partial charge >= 0.3 is 0 Å². The number of primary amides is 1. The van der Waals surface area contributed by atoms with Gasteiger partial charge in [-0.25, -0.2) is 0 Å². The standard InChI is InChI=1S/C21H24N4O2/c1-25(2)11-10-19(26)23-13-15-6-3-4-8-16(15)18-12-14-7-5-9-17(21(22)27)20(14)24-18/h3-9,12,24H,10-11,13H2,1-2H3,(H2,22,27)(H,23,26). The van der Waals surface area contributed by atoms with Crippen LogP contribution in [-0.2, 0) is 11.3 Å². The van der Waals surface area contributed by atoms with Crippen LogP contribution in [0.5, 0.6) is 0 Å². The number of aromatic nitrogens is 1. The van der Waals surface area contributed by atoms with Crippen LogP contribution in [0.25, 0.3) is 22.2 Å². The van der Waals surface area contributed by atoms with Crippen molar-refractivity contribution in [3.05, 3.63) is 59.7 Å². The molecule has 0 aliphatic heterocycles. The Morgan fingerprint density at radius 3 is 2.63 bits per heavy atom. The van der Waals surface area contributed by atoms with Gasteiger partial charge in [0.05, 0.1) is 11.1 Å². The summed E-state index contributed by atoms with van der Waals surface area (Å²) in [6.45, 7) is 1.16. The van der Waals surface area contributed by atoms with Crippen LogP contribution in [0.2, 0.25) is 0 Å². The maximum absolute atomic E-state index is 12.0. The number of para-hydroxylation sites is 1. The summed E-state index contributed by atoms with van der Waals surface area (Å²) in [5.74, 6) is -0.443. The molecule has 6 heteroatoms. The third kappa shape index (κ3) is 4.35. The summed E-state index contributed by atoms with van der Waals surface area (Å²) >= 11 is 0. The summed E-state index contributed by atoms with van der Waals surface area (Å²) in [5, 5.41) is 3.90. The molecule has 0 saturated carbocycles. The van der Waals surface area contributed by atoms with Crippen molar-refractivity contribution in [1.29, 1.82) is 0 Å². The Balaban J connectivity index is 1.86. The summed E-state index contributed by atoms with van der Waals surface area (Å²) in [4.78, 5) is 29.0. The highest BCUT2D eigenvalue weighted by Crippen LogP contribution is 2.28. The number of nitrogens with two attached hydrogens (primary N) is 1. The van der Waals surface area contributed by atoms with Crippen LogP contribution in [0.4, 0.5) is 0 Å². The summed E-state index contributed by atoms with van der Waals surface area (Å²) in [5.41, 5.74) is 9.54. The highest BCUT2D eigenvalue weighted by Gasteiger charge is 2.13. The molecule has 2 aromatic carbocycles. The Bertz CT molecular complexity index is 975. The number of H-pyrrole nitrogens is 1. The lowest BCUT2D eigenvalue weighted by molar-refractivity contribution is -0.121. The predicted molar refractivity (Wildman–Crippen MR) is 107 cm³/mol. The van der Waals surface area contributed by atoms with Crippen LogP contribution in [0.1, 0.15) is 22.3 Å². The molecule has 1 aromatic heterocycles. The number of nitrogens with zero attached hydrogens (tertiary/aromatic N) is 1. The normalized spacial score (nSPS) is 11.1. The number of rotatable bonds is 7. The maximum Gasteiger partial charge on any atom is 0.250 e. The molecule has 0 spiro atoms. The van der Waals surface area contributed by atoms with Crippen LogP contribution in [0.15, 0.2) is 48.5 Å². The lowest BCUT2D eigenvalue weighted by Crippen LogP contribution is -2.27. The largest absolute Gasteiger partial charge is 0.366 e. The van der Waals surface area contributed by atoms with Gasteiger partial charge in [0.1, 0.15) is 0 Å². The minimum absolute atomic E-state index is 0.0196. The van der Waals surface area contributed by atoms with Crippen molar-refractivity contribution in [3.63, 3.8) is 0 Å². The lowest BCUT2D eigenvalue weighted by atomic mass is 10.0. The molecule has 0 atom stereocenters. The van der Waals surface area contributed by atoms with Gasteiger partial charge in [-0.3, -0.25) is 9.59 Å². The number of benzene rings is 2. The molecule has 0 fully saturated rings. The number of carbonyl (C=O) groups excluding carboxylic acids is 2. The molecule has 4 N–H and O–H groups in total. The van der Waals surface area contributed by atoms with Gasteiger partial charge in [-0.15, -0.1) is 0 Å². The van der Waals surface area contributed by atoms with Crippen LogP contribution in [0.3, 0.4) is 0 Å². The monoisotopic (exact) mass is 364 g/mol. The Kier molecular flexibility index (Phi) is 5.57. The quantitative estimate of drug-likeness (QED) is 0.601. The highest BCUT2D eigenvalue weighted by atomic mass is 16.1. The number of hydrogen-bond donors (Lipinski definition) is 3. The van der Waals surface area contributed by atoms with Crippen molar-refractivity contribution < 1.29 is 9.59 Å². The number of hydrogen-bond acceptors (Lipinski definition) is 3. The van der Waals surface area contributed by atoms with Crippen molar-refractivity contribution >= 4 is 22.7 Å². The van der Waals surface area contributed by atoms with Crippen LogP contribution in [0, 0.1) is 0 Å². The van der Waals surface area contributed by atoms with E-state index in [4.69, 9.17) is 5.73 Å². The maximum atomic E-state index is 12.0. The molecule has 6 nitrogen and oxygen atoms in total. The predicted octanol–water partition coefficient (Wildman–Crippen LogP) is 2.50. The molecule has 2 amide bonds. The van der Waals surface area contributed by atoms with Gasteiger partial charge in [0, 0.05) is 36.2 Å². The number of aromatic amines is 1. The fourth-order valence-electron chi connectivity index (χ4n) is 3.05. The zero-order valence-electron chi connectivity index (χ0n) is 15.6. The summed E-state index contributed by atoms with van der Waals surface area (Å²) < 4.78 is 0. The van der Waals surface area contributed by atoms with Gasteiger partial charge in [-0.2, -0.15) is 0 Å². The van der Waals surface area contributed by atoms with E-state index in [2.05, 4.69) is 10.3 Å². The van der Waals surface area contributed by atoms with Gasteiger partial charge in [0.15, 0.2) is 0 Å². The van der Waals surface area contributed by atoms with Crippen molar-refractivity contribution in [2.75, 3.05) is 20.6 Å². The summed E-state index contributed by atoms with van der Waals surface area (Å²) in [6, 6.07) is 15.3. The van der Waals surface area contributed by atoms with E-state index >= 15 is 0 Å². The second-order valence-corrected chi connectivity index (χ2v) is 6.80. The van der Waals surface area contributed by atoms with Crippen LogP contribution in [-0.4, -0.2) is 42.3 Å². The molecule has 0 unspecified atom stereocenters. The molecule has 1 heterocycles. The summed E-state index contributed by atoms with van der Waals surface area (Å²) in [7, 11) is 3.89. The molecule has 0 saturated heterocycles. The van der Waals surface area contributed by atoms with Gasteiger partial charge in [-0.05, 0) is 31.8 Å². The van der Waals surface area contributed by atoms with Gasteiger partial charge < -0.3 is 20.9 Å². The molecule has 0 radical (unpaired) electrons. The average molecular weight is 364 g/mol. The zero-order chi connectivity index (χ0) is 19.4. The van der Waals surface area contributed by atoms with E-state index in [1.807, 2.05) is 61.5 Å². The van der Waals surface area contributed by atoms with E-state index in [0.29, 0.717) is 25.1 Å². The Labute approximate surface area is 158 Å². The molecule has 3 rings (SSSR count). The molecule has 140 valence electrons. The van der Waals surface area contributed by atoms with E-state index in [1.165, 1.54) is 0 Å². The second-order valence-electron chi connectivity index (χ2n) is 6.80. The van der Waals surface area contributed by atoms with Crippen molar-refractivity contribution in [2.24, 2.45) is 5.73 Å². The lowest BCUT2D eigenvalue weighted by Gasteiger charge is -2.12. The zero-order valence-corrected chi connectivity index (χ0v) is 15.6. The SMILES string of the molecule is CN(C)CCC(=O)NCc1ccccc1-c1cc2cccc(C(N)=O)c2[nH]1. The van der Waals surface area contributed by atoms with Crippen molar-refractivity contribution in [1.82, 2.24) is 15.2 Å². The second kappa shape index (κ2) is 8.05. The number of fused-ring (bicyclic) bond motifs is 1. The number of nitrogens with one attached hydrogen (secondary N) is 2. The molecule has 0 bridgehead atoms. The molecular weight excluding hydrogens is 340 g/mol. The van der Waals surface area contributed by atoms with Gasteiger partial charge in [0.25, 0.3) is 5.91 Å². The Hall–Kier alpha value is -3.12. The molecule has 0 aliphatic carbocycles. The van der Waals surface area contributed by atoms with Crippen LogP contribution < -0.4 is 11.1 Å². The van der Waals surface area contributed by atoms with E-state index < -0.39 is 5.91 Å². The first-order valence-electron chi connectivity index (χ1n) is 8.87. The van der Waals surface area contributed by atoms with Crippen molar-refractivity contribution in [2.45, 2.75) is 13.0 Å². The molecule has 27 heavy (non-hydrogen) atoms. The third-order valence-corrected chi connectivity index (χ3v) is 4.49. The molecule has 0 aliphatic rings. The Morgan fingerprint density at radius 1 is 1.11 bits per heavy atom. The highest BCUT2D eigenvalue weighted by molar-refractivity contribution is 6.06. The van der Waals surface area contributed by atoms with E-state index in [-0.39, 0.29) is 5.91 Å². The smallest absolute Gasteiger partial charge is 0.250 e. The van der Waals surface area contributed by atoms with Crippen LogP contribution >= 0.6 is 0 Å². The minimum Gasteiger partial charge on any atom is -0.366 e. The van der Waals surface area contributed by atoms with Gasteiger partial charge in [0.2, 0.25) is 5.91 Å². The first kappa shape index (κ1) is 18.7. The minimum atomic E-state index is -0.463. The first-order valence-corrected chi connectivity index (χ1v) is 8.87. The topological polar surface area (TPSA) is 91.2 Å². The summed E-state index contributed by atoms with van der Waals surface area (Å²) in [6.07, 6.45) is 0.462. The fourth-order valence-corrected chi connectivity index (χ4v) is 3.05. The molecular formula is C21H24N4O2. The number of carbonyl (C=O) groups is 2. The van der Waals surface area contributed by atoms with Gasteiger partial charge in [-0.1, -0.05) is 36.4 Å². The van der Waals surface area contributed by atoms with E-state index in [9.17, 15) is 9.59 Å². The van der Waals surface area contributed by atoms with E-state index in [0.717, 1.165) is 27.7 Å². The molecule has 3 aromatic rings. The fraction of sp³-hybridized carbons (Fsp3) is 0.238. The third-order valence-electron chi connectivity index (χ3n) is 4.49. The van der Waals surface area contributed by atoms with E-state index in [1.54, 1.807) is 6.07 Å². The number of amides is 2. The first-order chi connectivity index (χ1) is 13.0. The van der Waals surface area contributed by atoms with Crippen molar-refractivity contribution in [3.8, 4) is 11.3 Å².